The fourth-order valence-electron chi connectivity index (χ4n) is 1.95. The number of aliphatic hydroxyl groups excluding tert-OH is 1. The predicted molar refractivity (Wildman–Crippen MR) is 81.1 cm³/mol. The molecule has 0 saturated carbocycles. The topological polar surface area (TPSA) is 81.3 Å². The Hall–Kier alpha value is -2.64. The highest BCUT2D eigenvalue weighted by Crippen LogP contribution is 2.35. The molecule has 1 unspecified atom stereocenters. The van der Waals surface area contributed by atoms with Crippen molar-refractivity contribution in [2.24, 2.45) is 5.41 Å². The molecule has 0 amide bonds. The normalized spacial score (nSPS) is 13.9. The molecule has 0 aliphatic carbocycles. The van der Waals surface area contributed by atoms with E-state index in [0.29, 0.717) is 0 Å². The average Bonchev–Trinajstić information content (AvgIpc) is 2.50. The molecule has 0 aliphatic rings. The number of aliphatic carboxylic acids is 1. The van der Waals surface area contributed by atoms with E-state index in [9.17, 15) is 15.0 Å². The Labute approximate surface area is 124 Å². The molecule has 1 aromatic carbocycles. The molecule has 0 aliphatic heterocycles. The molecule has 0 heterocycles. The Balaban J connectivity index is 3.25. The molecule has 0 radical (unpaired) electrons. The molecule has 1 atom stereocenters. The van der Waals surface area contributed by atoms with Gasteiger partial charge in [0.05, 0.1) is 6.07 Å². The Morgan fingerprint density at radius 2 is 2.00 bits per heavy atom. The van der Waals surface area contributed by atoms with Gasteiger partial charge in [0.2, 0.25) is 0 Å². The lowest BCUT2D eigenvalue weighted by Gasteiger charge is -2.26. The summed E-state index contributed by atoms with van der Waals surface area (Å²) in [5, 5.41) is 27.2. The number of carboxylic acids is 1. The molecule has 4 heteroatoms. The minimum atomic E-state index is -1.16. The average molecular weight is 283 g/mol. The first-order valence-corrected chi connectivity index (χ1v) is 6.41. The van der Waals surface area contributed by atoms with Gasteiger partial charge in [0.25, 0.3) is 0 Å². The molecule has 2 N–H and O–H groups in total. The molecule has 108 valence electrons. The van der Waals surface area contributed by atoms with Crippen molar-refractivity contribution < 1.29 is 15.0 Å². The molecule has 1 rings (SSSR count). The molecule has 1 aromatic rings. The largest absolute Gasteiger partial charge is 0.478 e. The minimum absolute atomic E-state index is 0.0877. The molecular weight excluding hydrogens is 266 g/mol. The summed E-state index contributed by atoms with van der Waals surface area (Å²) in [7, 11) is 0. The molecule has 0 saturated heterocycles. The van der Waals surface area contributed by atoms with Crippen LogP contribution in [-0.2, 0) is 4.79 Å². The SMILES string of the molecule is C=C(C(=O)O)C(C=CC#N)(C=Cc1ccccc1)CCO. The summed E-state index contributed by atoms with van der Waals surface area (Å²) >= 11 is 0. The fourth-order valence-corrected chi connectivity index (χ4v) is 1.95. The van der Waals surface area contributed by atoms with Crippen LogP contribution >= 0.6 is 0 Å². The third kappa shape index (κ3) is 4.44. The van der Waals surface area contributed by atoms with Gasteiger partial charge >= 0.3 is 5.97 Å². The van der Waals surface area contributed by atoms with E-state index in [-0.39, 0.29) is 18.6 Å². The molecule has 4 nitrogen and oxygen atoms in total. The number of hydrogen-bond donors (Lipinski definition) is 2. The first kappa shape index (κ1) is 16.4. The Morgan fingerprint density at radius 3 is 2.52 bits per heavy atom. The van der Waals surface area contributed by atoms with Gasteiger partial charge < -0.3 is 10.2 Å². The Morgan fingerprint density at radius 1 is 1.33 bits per heavy atom. The van der Waals surface area contributed by atoms with Gasteiger partial charge in [-0.05, 0) is 12.0 Å². The highest BCUT2D eigenvalue weighted by Gasteiger charge is 2.31. The van der Waals surface area contributed by atoms with Gasteiger partial charge in [-0.25, -0.2) is 4.79 Å². The van der Waals surface area contributed by atoms with Crippen molar-refractivity contribution in [3.63, 3.8) is 0 Å². The Bertz CT molecular complexity index is 596. The van der Waals surface area contributed by atoms with Gasteiger partial charge in [-0.15, -0.1) is 0 Å². The maximum atomic E-state index is 11.3. The van der Waals surface area contributed by atoms with E-state index in [1.54, 1.807) is 12.2 Å². The van der Waals surface area contributed by atoms with Gasteiger partial charge in [0.15, 0.2) is 0 Å². The van der Waals surface area contributed by atoms with Crippen LogP contribution < -0.4 is 0 Å². The van der Waals surface area contributed by atoms with Crippen molar-refractivity contribution in [1.82, 2.24) is 0 Å². The molecule has 0 spiro atoms. The third-order valence-corrected chi connectivity index (χ3v) is 3.17. The van der Waals surface area contributed by atoms with Crippen molar-refractivity contribution in [3.8, 4) is 6.07 Å². The van der Waals surface area contributed by atoms with Crippen molar-refractivity contribution in [2.75, 3.05) is 6.61 Å². The Kier molecular flexibility index (Phi) is 6.12. The number of aliphatic hydroxyl groups is 1. The van der Waals surface area contributed by atoms with Crippen molar-refractivity contribution >= 4 is 12.0 Å². The number of benzene rings is 1. The quantitative estimate of drug-likeness (QED) is 0.595. The van der Waals surface area contributed by atoms with E-state index < -0.39 is 11.4 Å². The molecule has 0 fully saturated rings. The number of allylic oxidation sites excluding steroid dienone is 3. The third-order valence-electron chi connectivity index (χ3n) is 3.17. The van der Waals surface area contributed by atoms with Crippen LogP contribution in [0.3, 0.4) is 0 Å². The van der Waals surface area contributed by atoms with Crippen LogP contribution in [-0.4, -0.2) is 22.8 Å². The second-order valence-corrected chi connectivity index (χ2v) is 4.50. The zero-order valence-corrected chi connectivity index (χ0v) is 11.6. The number of rotatable bonds is 7. The van der Waals surface area contributed by atoms with Gasteiger partial charge in [-0.1, -0.05) is 55.1 Å². The monoisotopic (exact) mass is 283 g/mol. The second kappa shape index (κ2) is 7.83. The number of nitriles is 1. The first-order chi connectivity index (χ1) is 10.1. The predicted octanol–water partition coefficient (Wildman–Crippen LogP) is 2.79. The second-order valence-electron chi connectivity index (χ2n) is 4.50. The van der Waals surface area contributed by atoms with Crippen LogP contribution in [0.25, 0.3) is 6.08 Å². The zero-order valence-electron chi connectivity index (χ0n) is 11.6. The van der Waals surface area contributed by atoms with Crippen LogP contribution in [0, 0.1) is 16.7 Å². The summed E-state index contributed by atoms with van der Waals surface area (Å²) in [6.07, 6.45) is 6.21. The first-order valence-electron chi connectivity index (χ1n) is 6.41. The van der Waals surface area contributed by atoms with E-state index in [1.165, 1.54) is 12.2 Å². The number of nitrogens with zero attached hydrogens (tertiary/aromatic N) is 1. The van der Waals surface area contributed by atoms with Gasteiger partial charge in [0.1, 0.15) is 0 Å². The van der Waals surface area contributed by atoms with Crippen LogP contribution in [0.15, 0.2) is 60.7 Å². The van der Waals surface area contributed by atoms with Crippen molar-refractivity contribution in [3.05, 3.63) is 66.3 Å². The summed E-state index contributed by atoms with van der Waals surface area (Å²) < 4.78 is 0. The van der Waals surface area contributed by atoms with Gasteiger partial charge in [-0.2, -0.15) is 5.26 Å². The summed E-state index contributed by atoms with van der Waals surface area (Å²) in [4.78, 5) is 11.3. The van der Waals surface area contributed by atoms with Crippen LogP contribution in [0.5, 0.6) is 0 Å². The lowest BCUT2D eigenvalue weighted by Crippen LogP contribution is -2.24. The maximum Gasteiger partial charge on any atom is 0.332 e. The van der Waals surface area contributed by atoms with Gasteiger partial charge in [0, 0.05) is 23.7 Å². The lowest BCUT2D eigenvalue weighted by molar-refractivity contribution is -0.133. The van der Waals surface area contributed by atoms with E-state index >= 15 is 0 Å². The maximum absolute atomic E-state index is 11.3. The van der Waals surface area contributed by atoms with Crippen molar-refractivity contribution in [1.29, 1.82) is 5.26 Å². The molecular formula is C17H17NO3. The van der Waals surface area contributed by atoms with Gasteiger partial charge in [-0.3, -0.25) is 0 Å². The van der Waals surface area contributed by atoms with Crippen molar-refractivity contribution in [2.45, 2.75) is 6.42 Å². The summed E-state index contributed by atoms with van der Waals surface area (Å²) in [6, 6.07) is 11.2. The molecule has 21 heavy (non-hydrogen) atoms. The van der Waals surface area contributed by atoms with E-state index in [4.69, 9.17) is 5.26 Å². The highest BCUT2D eigenvalue weighted by molar-refractivity contribution is 5.89. The van der Waals surface area contributed by atoms with Crippen LogP contribution in [0.2, 0.25) is 0 Å². The number of carboxylic acid groups (broad SMARTS) is 1. The number of carbonyl (C=O) groups is 1. The molecule has 0 bridgehead atoms. The lowest BCUT2D eigenvalue weighted by atomic mass is 9.77. The molecule has 0 aromatic heterocycles. The zero-order chi connectivity index (χ0) is 15.7. The summed E-state index contributed by atoms with van der Waals surface area (Å²) in [5.41, 5.74) is -0.287. The summed E-state index contributed by atoms with van der Waals surface area (Å²) in [6.45, 7) is 3.37. The van der Waals surface area contributed by atoms with E-state index in [1.807, 2.05) is 36.4 Å². The van der Waals surface area contributed by atoms with Crippen LogP contribution in [0.1, 0.15) is 12.0 Å². The number of hydrogen-bond acceptors (Lipinski definition) is 3. The highest BCUT2D eigenvalue weighted by atomic mass is 16.4. The van der Waals surface area contributed by atoms with E-state index in [0.717, 1.165) is 5.56 Å². The minimum Gasteiger partial charge on any atom is -0.478 e. The fraction of sp³-hybridized carbons (Fsp3) is 0.176. The summed E-state index contributed by atoms with van der Waals surface area (Å²) in [5.74, 6) is -1.16. The standard InChI is InChI=1S/C17H17NO3/c1-14(16(20)21)17(11-13-19,9-5-12-18)10-8-15-6-3-2-4-7-15/h2-10,19H,1,11,13H2,(H,20,21). The van der Waals surface area contributed by atoms with Crippen LogP contribution in [0.4, 0.5) is 0 Å². The smallest absolute Gasteiger partial charge is 0.332 e. The van der Waals surface area contributed by atoms with E-state index in [2.05, 4.69) is 6.58 Å².